The Labute approximate surface area is 161 Å². The van der Waals surface area contributed by atoms with E-state index in [1.54, 1.807) is 0 Å². The number of carbonyl (C=O) groups is 1. The first-order valence-electron chi connectivity index (χ1n) is 9.43. The molecule has 1 aromatic heterocycles. The Morgan fingerprint density at radius 1 is 1.11 bits per heavy atom. The van der Waals surface area contributed by atoms with Gasteiger partial charge in [0.2, 0.25) is 5.91 Å². The smallest absolute Gasteiger partial charge is 0.227 e. The second kappa shape index (κ2) is 6.97. The molecule has 0 bridgehead atoms. The number of aromatic nitrogens is 1. The number of nitrogens with one attached hydrogen (secondary N) is 4. The Balaban J connectivity index is 1.46. The lowest BCUT2D eigenvalue weighted by molar-refractivity contribution is -0.119. The van der Waals surface area contributed by atoms with Crippen molar-refractivity contribution in [3.63, 3.8) is 0 Å². The molecule has 4 N–H and O–H groups in total. The van der Waals surface area contributed by atoms with Gasteiger partial charge in [-0.15, -0.1) is 10.6 Å². The molecule has 8 heteroatoms. The first-order chi connectivity index (χ1) is 13.8. The van der Waals surface area contributed by atoms with E-state index in [0.717, 1.165) is 53.4 Å². The Hall–Kier alpha value is -3.39. The minimum absolute atomic E-state index is 0.102. The van der Waals surface area contributed by atoms with E-state index in [4.69, 9.17) is 4.52 Å². The molecule has 1 aliphatic carbocycles. The van der Waals surface area contributed by atoms with Crippen LogP contribution in [0.15, 0.2) is 52.1 Å². The minimum atomic E-state index is 0.102. The summed E-state index contributed by atoms with van der Waals surface area (Å²) in [6.45, 7) is 0. The fourth-order valence-electron chi connectivity index (χ4n) is 3.80. The molecule has 1 aliphatic heterocycles. The molecule has 3 aromatic rings. The van der Waals surface area contributed by atoms with Crippen molar-refractivity contribution in [2.24, 2.45) is 11.0 Å². The van der Waals surface area contributed by atoms with Crippen LogP contribution in [0.3, 0.4) is 0 Å². The van der Waals surface area contributed by atoms with Crippen molar-refractivity contribution >= 4 is 28.3 Å². The maximum absolute atomic E-state index is 12.4. The number of fused-ring (bicyclic) bond motifs is 1. The van der Waals surface area contributed by atoms with Gasteiger partial charge in [-0.1, -0.05) is 30.1 Å². The molecule has 2 aliphatic rings. The molecule has 5 rings (SSSR count). The van der Waals surface area contributed by atoms with Gasteiger partial charge >= 0.3 is 0 Å². The highest BCUT2D eigenvalue weighted by Gasteiger charge is 2.23. The van der Waals surface area contributed by atoms with E-state index in [2.05, 4.69) is 32.1 Å². The summed E-state index contributed by atoms with van der Waals surface area (Å²) in [5.74, 6) is 1.57. The first-order valence-corrected chi connectivity index (χ1v) is 9.43. The number of hydrazine groups is 2. The maximum atomic E-state index is 12.4. The number of hydrazone groups is 1. The molecule has 0 atom stereocenters. The van der Waals surface area contributed by atoms with Crippen LogP contribution in [0.2, 0.25) is 0 Å². The molecule has 0 radical (unpaired) electrons. The van der Waals surface area contributed by atoms with E-state index in [0.29, 0.717) is 11.6 Å². The number of benzene rings is 2. The number of anilines is 1. The largest absolute Gasteiger partial charge is 0.355 e. The quantitative estimate of drug-likeness (QED) is 0.558. The highest BCUT2D eigenvalue weighted by molar-refractivity contribution is 6.04. The highest BCUT2D eigenvalue weighted by atomic mass is 16.5. The summed E-state index contributed by atoms with van der Waals surface area (Å²) >= 11 is 0. The van der Waals surface area contributed by atoms with Crippen LogP contribution in [0.1, 0.15) is 31.2 Å². The number of hydrogen-bond donors (Lipinski definition) is 4. The number of carbonyl (C=O) groups excluding carboxylic acids is 1. The van der Waals surface area contributed by atoms with Crippen LogP contribution in [0, 0.1) is 5.92 Å². The van der Waals surface area contributed by atoms with Crippen molar-refractivity contribution in [2.75, 3.05) is 5.32 Å². The Bertz CT molecular complexity index is 1070. The Morgan fingerprint density at radius 3 is 2.82 bits per heavy atom. The summed E-state index contributed by atoms with van der Waals surface area (Å²) in [5.41, 5.74) is 11.6. The summed E-state index contributed by atoms with van der Waals surface area (Å²) in [5, 5.41) is 12.2. The number of nitrogens with zero attached hydrogens (tertiary/aromatic N) is 2. The predicted octanol–water partition coefficient (Wildman–Crippen LogP) is 2.90. The van der Waals surface area contributed by atoms with Gasteiger partial charge < -0.3 is 9.84 Å². The summed E-state index contributed by atoms with van der Waals surface area (Å²) in [7, 11) is 0. The molecular formula is C20H20N6O2. The van der Waals surface area contributed by atoms with E-state index < -0.39 is 0 Å². The van der Waals surface area contributed by atoms with Gasteiger partial charge in [0.15, 0.2) is 11.6 Å². The predicted molar refractivity (Wildman–Crippen MR) is 106 cm³/mol. The SMILES string of the molecule is O=C(Nc1cccc(-c2onc3ccc(C4=NNNN4)cc23)c1)C1CCCC1. The van der Waals surface area contributed by atoms with Crippen LogP contribution >= 0.6 is 0 Å². The zero-order valence-electron chi connectivity index (χ0n) is 15.2. The fraction of sp³-hybridized carbons (Fsp3) is 0.250. The molecule has 1 saturated carbocycles. The molecule has 0 unspecified atom stereocenters. The third kappa shape index (κ3) is 3.07. The molecule has 1 fully saturated rings. The van der Waals surface area contributed by atoms with E-state index in [9.17, 15) is 4.79 Å². The summed E-state index contributed by atoms with van der Waals surface area (Å²) < 4.78 is 5.62. The van der Waals surface area contributed by atoms with Gasteiger partial charge in [0.1, 0.15) is 5.52 Å². The molecule has 28 heavy (non-hydrogen) atoms. The van der Waals surface area contributed by atoms with Crippen LogP contribution in [-0.4, -0.2) is 16.9 Å². The van der Waals surface area contributed by atoms with Crippen molar-refractivity contribution in [3.05, 3.63) is 48.0 Å². The van der Waals surface area contributed by atoms with Crippen molar-refractivity contribution in [1.29, 1.82) is 0 Å². The van der Waals surface area contributed by atoms with Crippen molar-refractivity contribution in [1.82, 2.24) is 21.7 Å². The number of amides is 1. The molecule has 2 aromatic carbocycles. The lowest BCUT2D eigenvalue weighted by Crippen LogP contribution is -2.35. The third-order valence-electron chi connectivity index (χ3n) is 5.27. The zero-order chi connectivity index (χ0) is 18.9. The lowest BCUT2D eigenvalue weighted by Gasteiger charge is -2.11. The summed E-state index contributed by atoms with van der Waals surface area (Å²) in [4.78, 5) is 12.4. The zero-order valence-corrected chi connectivity index (χ0v) is 15.2. The van der Waals surface area contributed by atoms with E-state index in [-0.39, 0.29) is 11.8 Å². The average molecular weight is 376 g/mol. The fourth-order valence-corrected chi connectivity index (χ4v) is 3.80. The van der Waals surface area contributed by atoms with E-state index in [1.807, 2.05) is 42.5 Å². The molecule has 1 amide bonds. The topological polar surface area (TPSA) is 104 Å². The van der Waals surface area contributed by atoms with Gasteiger partial charge in [-0.3, -0.25) is 10.2 Å². The van der Waals surface area contributed by atoms with Crippen molar-refractivity contribution in [3.8, 4) is 11.3 Å². The molecule has 0 spiro atoms. The number of hydrogen-bond acceptors (Lipinski definition) is 7. The van der Waals surface area contributed by atoms with E-state index in [1.165, 1.54) is 0 Å². The molecule has 142 valence electrons. The second-order valence-corrected chi connectivity index (χ2v) is 7.12. The molecule has 8 nitrogen and oxygen atoms in total. The van der Waals surface area contributed by atoms with Gasteiger partial charge in [-0.2, -0.15) is 0 Å². The number of amidine groups is 1. The van der Waals surface area contributed by atoms with Crippen LogP contribution in [0.4, 0.5) is 5.69 Å². The molecule has 2 heterocycles. The lowest BCUT2D eigenvalue weighted by atomic mass is 10.0. The Morgan fingerprint density at radius 2 is 2.00 bits per heavy atom. The number of rotatable bonds is 4. The standard InChI is InChI=1S/C20H20N6O2/c27-20(12-4-1-2-5-12)21-15-7-3-6-13(10-15)18-16-11-14(19-22-25-26-23-19)8-9-17(16)24-28-18/h3,6-12,25-26H,1-2,4-5H2,(H,21,27)(H,22,23). The summed E-state index contributed by atoms with van der Waals surface area (Å²) in [6.07, 6.45) is 4.22. The summed E-state index contributed by atoms with van der Waals surface area (Å²) in [6, 6.07) is 13.5. The van der Waals surface area contributed by atoms with Crippen LogP contribution < -0.4 is 21.8 Å². The second-order valence-electron chi connectivity index (χ2n) is 7.12. The average Bonchev–Trinajstić information content (AvgIpc) is 3.49. The Kier molecular flexibility index (Phi) is 4.17. The van der Waals surface area contributed by atoms with Crippen molar-refractivity contribution in [2.45, 2.75) is 25.7 Å². The van der Waals surface area contributed by atoms with Gasteiger partial charge in [-0.25, -0.2) is 5.53 Å². The monoisotopic (exact) mass is 376 g/mol. The van der Waals surface area contributed by atoms with Gasteiger partial charge in [0, 0.05) is 22.7 Å². The van der Waals surface area contributed by atoms with Crippen molar-refractivity contribution < 1.29 is 9.32 Å². The first kappa shape index (κ1) is 16.8. The van der Waals surface area contributed by atoms with Gasteiger partial charge in [0.05, 0.1) is 5.39 Å². The van der Waals surface area contributed by atoms with Crippen LogP contribution in [-0.2, 0) is 4.79 Å². The van der Waals surface area contributed by atoms with Gasteiger partial charge in [-0.05, 0) is 43.2 Å². The molecular weight excluding hydrogens is 356 g/mol. The van der Waals surface area contributed by atoms with Crippen LogP contribution in [0.25, 0.3) is 22.2 Å². The highest BCUT2D eigenvalue weighted by Crippen LogP contribution is 2.32. The third-order valence-corrected chi connectivity index (χ3v) is 5.27. The molecule has 0 saturated heterocycles. The van der Waals surface area contributed by atoms with Crippen LogP contribution in [0.5, 0.6) is 0 Å². The maximum Gasteiger partial charge on any atom is 0.227 e. The normalized spacial score (nSPS) is 16.6. The van der Waals surface area contributed by atoms with E-state index >= 15 is 0 Å². The van der Waals surface area contributed by atoms with Gasteiger partial charge in [0.25, 0.3) is 0 Å². The minimum Gasteiger partial charge on any atom is -0.355 e.